The minimum Gasteiger partial charge on any atom is -0.481 e. The molecule has 0 fully saturated rings. The van der Waals surface area contributed by atoms with Crippen molar-refractivity contribution in [2.75, 3.05) is 16.8 Å². The van der Waals surface area contributed by atoms with E-state index >= 15 is 0 Å². The highest BCUT2D eigenvalue weighted by Gasteiger charge is 2.26. The van der Waals surface area contributed by atoms with Crippen molar-refractivity contribution in [2.45, 2.75) is 6.54 Å². The quantitative estimate of drug-likeness (QED) is 0.766. The lowest BCUT2D eigenvalue weighted by Crippen LogP contribution is -2.38. The van der Waals surface area contributed by atoms with Crippen molar-refractivity contribution in [2.24, 2.45) is 0 Å². The van der Waals surface area contributed by atoms with Crippen molar-refractivity contribution >= 4 is 23.2 Å². The van der Waals surface area contributed by atoms with Gasteiger partial charge in [0.15, 0.2) is 12.4 Å². The van der Waals surface area contributed by atoms with E-state index in [2.05, 4.69) is 5.32 Å². The lowest BCUT2D eigenvalue weighted by Gasteiger charge is -2.30. The molecule has 2 amide bonds. The fourth-order valence-corrected chi connectivity index (χ4v) is 2.85. The number of hydrogen-bond acceptors (Lipinski definition) is 4. The lowest BCUT2D eigenvalue weighted by molar-refractivity contribution is -0.121. The van der Waals surface area contributed by atoms with Gasteiger partial charge in [-0.05, 0) is 30.3 Å². The van der Waals surface area contributed by atoms with Gasteiger partial charge in [0, 0.05) is 17.3 Å². The Labute approximate surface area is 154 Å². The summed E-state index contributed by atoms with van der Waals surface area (Å²) >= 11 is 0. The zero-order valence-electron chi connectivity index (χ0n) is 14.1. The molecule has 0 atom stereocenters. The van der Waals surface area contributed by atoms with Crippen LogP contribution in [0.1, 0.15) is 16.1 Å². The zero-order valence-corrected chi connectivity index (χ0v) is 14.1. The molecule has 7 heteroatoms. The predicted molar refractivity (Wildman–Crippen MR) is 96.2 cm³/mol. The fourth-order valence-electron chi connectivity index (χ4n) is 2.85. The van der Waals surface area contributed by atoms with E-state index in [4.69, 9.17) is 9.15 Å². The summed E-state index contributed by atoms with van der Waals surface area (Å²) in [4.78, 5) is 25.8. The van der Waals surface area contributed by atoms with E-state index in [-0.39, 0.29) is 30.6 Å². The summed E-state index contributed by atoms with van der Waals surface area (Å²) < 4.78 is 24.5. The van der Waals surface area contributed by atoms with Gasteiger partial charge in [-0.25, -0.2) is 4.39 Å². The molecule has 0 spiro atoms. The number of carbonyl (C=O) groups is 2. The number of furan rings is 1. The number of nitrogens with one attached hydrogen (secondary N) is 1. The molecule has 3 aromatic rings. The number of amides is 2. The summed E-state index contributed by atoms with van der Waals surface area (Å²) in [5.74, 6) is -0.415. The number of carbonyl (C=O) groups excluding carboxylic acids is 2. The van der Waals surface area contributed by atoms with Gasteiger partial charge in [-0.2, -0.15) is 0 Å². The Morgan fingerprint density at radius 3 is 2.78 bits per heavy atom. The largest absolute Gasteiger partial charge is 0.481 e. The Balaban J connectivity index is 1.59. The van der Waals surface area contributed by atoms with E-state index in [1.54, 1.807) is 48.5 Å². The molecule has 0 radical (unpaired) electrons. The molecule has 136 valence electrons. The summed E-state index contributed by atoms with van der Waals surface area (Å²) in [5, 5.41) is 2.70. The maximum Gasteiger partial charge on any atom is 0.291 e. The Hall–Kier alpha value is -3.61. The summed E-state index contributed by atoms with van der Waals surface area (Å²) in [7, 11) is 0. The lowest BCUT2D eigenvalue weighted by atomic mass is 10.1. The van der Waals surface area contributed by atoms with Gasteiger partial charge < -0.3 is 19.4 Å². The Kier molecular flexibility index (Phi) is 4.33. The molecule has 2 aromatic carbocycles. The Morgan fingerprint density at radius 1 is 1.15 bits per heavy atom. The van der Waals surface area contributed by atoms with Crippen LogP contribution in [-0.2, 0) is 11.3 Å². The van der Waals surface area contributed by atoms with Gasteiger partial charge in [0.1, 0.15) is 11.6 Å². The van der Waals surface area contributed by atoms with Crippen LogP contribution in [0.4, 0.5) is 15.8 Å². The Bertz CT molecular complexity index is 1000. The molecule has 0 unspecified atom stereocenters. The third-order valence-corrected chi connectivity index (χ3v) is 4.19. The van der Waals surface area contributed by atoms with Crippen LogP contribution < -0.4 is 15.0 Å². The van der Waals surface area contributed by atoms with Crippen molar-refractivity contribution in [3.8, 4) is 5.75 Å². The third-order valence-electron chi connectivity index (χ3n) is 4.19. The molecule has 0 saturated heterocycles. The smallest absolute Gasteiger partial charge is 0.291 e. The maximum atomic E-state index is 14.0. The molecule has 4 rings (SSSR count). The van der Waals surface area contributed by atoms with Gasteiger partial charge in [-0.3, -0.25) is 9.59 Å². The van der Waals surface area contributed by atoms with Crippen LogP contribution in [0, 0.1) is 5.82 Å². The summed E-state index contributed by atoms with van der Waals surface area (Å²) in [6, 6.07) is 14.4. The highest BCUT2D eigenvalue weighted by Crippen LogP contribution is 2.35. The molecule has 1 aromatic heterocycles. The SMILES string of the molecule is O=C(Nc1ccc2c(c1)OCC(=O)N2Cc1ccccc1F)c1ccco1. The van der Waals surface area contributed by atoms with Crippen LogP contribution in [0.5, 0.6) is 5.75 Å². The summed E-state index contributed by atoms with van der Waals surface area (Å²) in [6.07, 6.45) is 1.41. The molecule has 0 bridgehead atoms. The minimum absolute atomic E-state index is 0.0972. The number of anilines is 2. The van der Waals surface area contributed by atoms with Crippen molar-refractivity contribution in [1.29, 1.82) is 0 Å². The van der Waals surface area contributed by atoms with Crippen LogP contribution in [0.15, 0.2) is 65.3 Å². The predicted octanol–water partition coefficient (Wildman–Crippen LogP) is 3.60. The number of benzene rings is 2. The highest BCUT2D eigenvalue weighted by molar-refractivity contribution is 6.03. The van der Waals surface area contributed by atoms with E-state index in [0.29, 0.717) is 22.7 Å². The van der Waals surface area contributed by atoms with Crippen LogP contribution in [0.25, 0.3) is 0 Å². The van der Waals surface area contributed by atoms with Crippen molar-refractivity contribution in [3.63, 3.8) is 0 Å². The Morgan fingerprint density at radius 2 is 2.00 bits per heavy atom. The molecule has 0 aliphatic carbocycles. The average molecular weight is 366 g/mol. The van der Waals surface area contributed by atoms with Crippen LogP contribution in [0.3, 0.4) is 0 Å². The average Bonchev–Trinajstić information content (AvgIpc) is 3.20. The normalized spacial score (nSPS) is 13.1. The van der Waals surface area contributed by atoms with Gasteiger partial charge in [0.05, 0.1) is 18.5 Å². The van der Waals surface area contributed by atoms with Crippen LogP contribution >= 0.6 is 0 Å². The first-order valence-electron chi connectivity index (χ1n) is 8.27. The topological polar surface area (TPSA) is 71.8 Å². The third kappa shape index (κ3) is 3.39. The van der Waals surface area contributed by atoms with Crippen molar-refractivity contribution in [3.05, 3.63) is 78.0 Å². The molecule has 6 nitrogen and oxygen atoms in total. The molecule has 0 saturated carbocycles. The van der Waals surface area contributed by atoms with Gasteiger partial charge in [0.25, 0.3) is 11.8 Å². The standard InChI is InChI=1S/C20H15FN2O4/c21-15-5-2-1-4-13(15)11-23-16-8-7-14(10-18(16)27-12-19(23)24)22-20(25)17-6-3-9-26-17/h1-10H,11-12H2,(H,22,25). The first-order valence-corrected chi connectivity index (χ1v) is 8.27. The number of fused-ring (bicyclic) bond motifs is 1. The van der Waals surface area contributed by atoms with Crippen molar-refractivity contribution in [1.82, 2.24) is 0 Å². The number of halogens is 1. The second-order valence-corrected chi connectivity index (χ2v) is 5.97. The first kappa shape index (κ1) is 16.8. The monoisotopic (exact) mass is 366 g/mol. The summed E-state index contributed by atoms with van der Waals surface area (Å²) in [5.41, 5.74) is 1.43. The minimum atomic E-state index is -0.393. The van der Waals surface area contributed by atoms with Crippen LogP contribution in [0.2, 0.25) is 0 Å². The molecule has 1 aliphatic heterocycles. The number of ether oxygens (including phenoxy) is 1. The zero-order chi connectivity index (χ0) is 18.8. The van der Waals surface area contributed by atoms with E-state index < -0.39 is 5.91 Å². The van der Waals surface area contributed by atoms with Crippen LogP contribution in [-0.4, -0.2) is 18.4 Å². The van der Waals surface area contributed by atoms with E-state index in [1.165, 1.54) is 17.2 Å². The van der Waals surface area contributed by atoms with Gasteiger partial charge >= 0.3 is 0 Å². The maximum absolute atomic E-state index is 14.0. The number of hydrogen-bond donors (Lipinski definition) is 1. The summed E-state index contributed by atoms with van der Waals surface area (Å²) in [6.45, 7) is -0.0585. The number of rotatable bonds is 4. The second kappa shape index (κ2) is 6.95. The van der Waals surface area contributed by atoms with E-state index in [1.807, 2.05) is 0 Å². The molecule has 27 heavy (non-hydrogen) atoms. The first-order chi connectivity index (χ1) is 13.1. The highest BCUT2D eigenvalue weighted by atomic mass is 19.1. The van der Waals surface area contributed by atoms with Gasteiger partial charge in [-0.1, -0.05) is 18.2 Å². The molecular weight excluding hydrogens is 351 g/mol. The van der Waals surface area contributed by atoms with E-state index in [9.17, 15) is 14.0 Å². The van der Waals surface area contributed by atoms with Gasteiger partial charge in [0.2, 0.25) is 0 Å². The second-order valence-electron chi connectivity index (χ2n) is 5.97. The van der Waals surface area contributed by atoms with Gasteiger partial charge in [-0.15, -0.1) is 0 Å². The molecule has 2 heterocycles. The molecular formula is C20H15FN2O4. The molecule has 1 aliphatic rings. The van der Waals surface area contributed by atoms with Crippen molar-refractivity contribution < 1.29 is 23.1 Å². The fraction of sp³-hybridized carbons (Fsp3) is 0.100. The number of nitrogens with zero attached hydrogens (tertiary/aromatic N) is 1. The van der Waals surface area contributed by atoms with E-state index in [0.717, 1.165) is 0 Å². The molecule has 1 N–H and O–H groups in total.